The lowest BCUT2D eigenvalue weighted by atomic mass is 10.0. The largest absolute Gasteiger partial charge is 0.493 e. The number of ether oxygens (including phenoxy) is 2. The molecule has 3 atom stereocenters. The van der Waals surface area contributed by atoms with E-state index in [-0.39, 0.29) is 37.6 Å². The predicted molar refractivity (Wildman–Crippen MR) is 185 cm³/mol. The van der Waals surface area contributed by atoms with Crippen molar-refractivity contribution < 1.29 is 33.8 Å². The fourth-order valence-electron chi connectivity index (χ4n) is 5.43. The van der Waals surface area contributed by atoms with Gasteiger partial charge < -0.3 is 35.4 Å². The standard InChI is InChI=1S/C35H41N7O7S/c1-22-17-26(21-50-22)35(47)41-13-11-27-20-42(40-39-27)15-16-49-29-10-9-25(19-30(29)48-3)32(44)37-28(18-24-7-5-4-6-8-24)33(45)38-31(23(2)43)34(46)36-12-14-41/h4-10,17,19-21,23,28,31,43H,11-16,18H2,1-3H3,(H,36,46)(H,37,44)(H,38,45)/t23-,28-,31+/m1/s1. The van der Waals surface area contributed by atoms with Crippen molar-refractivity contribution in [2.75, 3.05) is 33.4 Å². The average Bonchev–Trinajstić information content (AvgIpc) is 3.76. The normalized spacial score (nSPS) is 18.7. The molecule has 6 rings (SSSR count). The molecule has 14 nitrogen and oxygen atoms in total. The topological polar surface area (TPSA) is 177 Å². The summed E-state index contributed by atoms with van der Waals surface area (Å²) in [5.74, 6) is -1.33. The van der Waals surface area contributed by atoms with Gasteiger partial charge in [0.2, 0.25) is 11.8 Å². The van der Waals surface area contributed by atoms with Gasteiger partial charge in [-0.15, -0.1) is 16.4 Å². The van der Waals surface area contributed by atoms with Crippen LogP contribution in [0.5, 0.6) is 11.5 Å². The van der Waals surface area contributed by atoms with E-state index in [0.29, 0.717) is 42.3 Å². The average molecular weight is 704 g/mol. The molecule has 0 unspecified atom stereocenters. The van der Waals surface area contributed by atoms with Crippen molar-refractivity contribution in [2.45, 2.75) is 51.4 Å². The van der Waals surface area contributed by atoms with Gasteiger partial charge in [-0.25, -0.2) is 4.68 Å². The van der Waals surface area contributed by atoms with Crippen molar-refractivity contribution in [1.82, 2.24) is 35.8 Å². The van der Waals surface area contributed by atoms with Crippen LogP contribution in [0, 0.1) is 6.92 Å². The number of thiophene rings is 1. The van der Waals surface area contributed by atoms with E-state index in [4.69, 9.17) is 9.47 Å². The minimum absolute atomic E-state index is 0.0542. The third kappa shape index (κ3) is 9.45. The van der Waals surface area contributed by atoms with Gasteiger partial charge in [-0.05, 0) is 43.7 Å². The molecule has 0 spiro atoms. The number of carbonyl (C=O) groups excluding carboxylic acids is 4. The van der Waals surface area contributed by atoms with Crippen molar-refractivity contribution in [3.05, 3.63) is 93.4 Å². The molecule has 15 heteroatoms. The first-order chi connectivity index (χ1) is 24.1. The van der Waals surface area contributed by atoms with Crippen molar-refractivity contribution in [2.24, 2.45) is 0 Å². The molecule has 4 N–H and O–H groups in total. The molecule has 2 aromatic carbocycles. The third-order valence-electron chi connectivity index (χ3n) is 8.14. The van der Waals surface area contributed by atoms with Gasteiger partial charge in [0.05, 0.1) is 31.0 Å². The number of rotatable bonds is 5. The first kappa shape index (κ1) is 36.0. The maximum Gasteiger partial charge on any atom is 0.254 e. The van der Waals surface area contributed by atoms with E-state index in [0.717, 1.165) is 10.4 Å². The number of aliphatic hydroxyl groups is 1. The zero-order chi connectivity index (χ0) is 35.6. The van der Waals surface area contributed by atoms with Crippen LogP contribution in [-0.2, 0) is 29.0 Å². The highest BCUT2D eigenvalue weighted by Gasteiger charge is 2.30. The Morgan fingerprint density at radius 1 is 1.08 bits per heavy atom. The highest BCUT2D eigenvalue weighted by atomic mass is 32.1. The Labute approximate surface area is 293 Å². The monoisotopic (exact) mass is 703 g/mol. The summed E-state index contributed by atoms with van der Waals surface area (Å²) in [4.78, 5) is 56.7. The zero-order valence-electron chi connectivity index (χ0n) is 28.1. The zero-order valence-corrected chi connectivity index (χ0v) is 28.9. The molecule has 0 fully saturated rings. The predicted octanol–water partition coefficient (Wildman–Crippen LogP) is 1.76. The van der Waals surface area contributed by atoms with Crippen LogP contribution in [0.2, 0.25) is 0 Å². The Morgan fingerprint density at radius 3 is 2.60 bits per heavy atom. The number of aryl methyl sites for hydroxylation is 1. The molecule has 0 saturated heterocycles. The molecule has 2 aliphatic rings. The Hall–Kier alpha value is -5.28. The number of fused-ring (bicyclic) bond motifs is 16. The Bertz CT molecular complexity index is 1790. The maximum atomic E-state index is 13.7. The molecular formula is C35H41N7O7S. The number of aromatic nitrogens is 3. The highest BCUT2D eigenvalue weighted by Crippen LogP contribution is 2.28. The summed E-state index contributed by atoms with van der Waals surface area (Å²) in [6, 6.07) is 13.2. The summed E-state index contributed by atoms with van der Waals surface area (Å²) < 4.78 is 13.1. The molecule has 2 aliphatic heterocycles. The van der Waals surface area contributed by atoms with Gasteiger partial charge in [0.1, 0.15) is 18.7 Å². The van der Waals surface area contributed by atoms with Crippen LogP contribution in [0.15, 0.2) is 66.2 Å². The van der Waals surface area contributed by atoms with E-state index >= 15 is 0 Å². The first-order valence-corrected chi connectivity index (χ1v) is 17.1. The van der Waals surface area contributed by atoms with E-state index in [1.165, 1.54) is 31.4 Å². The summed E-state index contributed by atoms with van der Waals surface area (Å²) in [5.41, 5.74) is 2.21. The van der Waals surface area contributed by atoms with Crippen molar-refractivity contribution >= 4 is 35.0 Å². The number of hydrogen-bond donors (Lipinski definition) is 4. The summed E-state index contributed by atoms with van der Waals surface area (Å²) in [7, 11) is 1.46. The van der Waals surface area contributed by atoms with E-state index < -0.39 is 35.9 Å². The molecule has 2 aromatic heterocycles. The van der Waals surface area contributed by atoms with Crippen molar-refractivity contribution in [1.29, 1.82) is 0 Å². The molecule has 264 valence electrons. The van der Waals surface area contributed by atoms with E-state index in [1.54, 1.807) is 33.3 Å². The maximum absolute atomic E-state index is 13.7. The van der Waals surface area contributed by atoms with Gasteiger partial charge in [0, 0.05) is 54.5 Å². The number of nitrogens with one attached hydrogen (secondary N) is 3. The Balaban J connectivity index is 1.42. The molecule has 4 amide bonds. The minimum Gasteiger partial charge on any atom is -0.493 e. The van der Waals surface area contributed by atoms with Crippen LogP contribution in [0.3, 0.4) is 0 Å². The smallest absolute Gasteiger partial charge is 0.254 e. The molecule has 0 aliphatic carbocycles. The van der Waals surface area contributed by atoms with E-state index in [1.807, 2.05) is 43.3 Å². The molecule has 50 heavy (non-hydrogen) atoms. The quantitative estimate of drug-likeness (QED) is 0.226. The third-order valence-corrected chi connectivity index (χ3v) is 9.00. The second-order valence-electron chi connectivity index (χ2n) is 11.9. The highest BCUT2D eigenvalue weighted by molar-refractivity contribution is 7.10. The Kier molecular flexibility index (Phi) is 12.2. The number of carbonyl (C=O) groups is 4. The summed E-state index contributed by atoms with van der Waals surface area (Å²) in [5, 5.41) is 28.9. The van der Waals surface area contributed by atoms with Gasteiger partial charge in [-0.3, -0.25) is 19.2 Å². The lowest BCUT2D eigenvalue weighted by molar-refractivity contribution is -0.132. The number of aliphatic hydroxyl groups excluding tert-OH is 1. The fraction of sp³-hybridized carbons (Fsp3) is 0.371. The van der Waals surface area contributed by atoms with Crippen LogP contribution in [0.1, 0.15) is 43.8 Å². The van der Waals surface area contributed by atoms with Crippen LogP contribution in [-0.4, -0.2) is 100 Å². The summed E-state index contributed by atoms with van der Waals surface area (Å²) >= 11 is 1.47. The van der Waals surface area contributed by atoms with E-state index in [2.05, 4.69) is 26.3 Å². The van der Waals surface area contributed by atoms with E-state index in [9.17, 15) is 24.3 Å². The number of amides is 4. The van der Waals surface area contributed by atoms with Gasteiger partial charge in [-0.1, -0.05) is 35.5 Å². The molecular weight excluding hydrogens is 662 g/mol. The van der Waals surface area contributed by atoms with Crippen LogP contribution >= 0.6 is 11.3 Å². The van der Waals surface area contributed by atoms with Gasteiger partial charge in [-0.2, -0.15) is 0 Å². The number of methoxy groups -OCH3 is 1. The van der Waals surface area contributed by atoms with Crippen LogP contribution in [0.4, 0.5) is 0 Å². The number of hydrogen-bond acceptors (Lipinski definition) is 10. The van der Waals surface area contributed by atoms with Crippen LogP contribution in [0.25, 0.3) is 0 Å². The van der Waals surface area contributed by atoms with Crippen molar-refractivity contribution in [3.8, 4) is 11.5 Å². The molecule has 4 aromatic rings. The summed E-state index contributed by atoms with van der Waals surface area (Å²) in [6.45, 7) is 4.44. The minimum atomic E-state index is -1.34. The Morgan fingerprint density at radius 2 is 1.88 bits per heavy atom. The molecule has 0 radical (unpaired) electrons. The lowest BCUT2D eigenvalue weighted by Crippen LogP contribution is -2.58. The second kappa shape index (κ2) is 16.9. The fourth-order valence-corrected chi connectivity index (χ4v) is 6.10. The van der Waals surface area contributed by atoms with Gasteiger partial charge in [0.25, 0.3) is 11.8 Å². The summed E-state index contributed by atoms with van der Waals surface area (Å²) in [6.07, 6.45) is 1.04. The second-order valence-corrected chi connectivity index (χ2v) is 13.0. The number of benzene rings is 2. The van der Waals surface area contributed by atoms with Gasteiger partial charge in [0.15, 0.2) is 11.5 Å². The molecule has 4 bridgehead atoms. The van der Waals surface area contributed by atoms with Gasteiger partial charge >= 0.3 is 0 Å². The van der Waals surface area contributed by atoms with Crippen LogP contribution < -0.4 is 25.4 Å². The number of nitrogens with zero attached hydrogens (tertiary/aromatic N) is 4. The molecule has 0 saturated carbocycles. The first-order valence-electron chi connectivity index (χ1n) is 16.3. The van der Waals surface area contributed by atoms with Crippen molar-refractivity contribution in [3.63, 3.8) is 0 Å². The SMILES string of the molecule is COc1cc2ccc1OCCn1cc(nn1)CCN(C(=O)c1csc(C)c1)CCNC(=O)[C@H]([C@@H](C)O)NC(=O)[C@@H](Cc1ccccc1)NC2=O. The lowest BCUT2D eigenvalue weighted by Gasteiger charge is -2.26. The molecule has 4 heterocycles.